The molecule has 8 nitrogen and oxygen atoms in total. The van der Waals surface area contributed by atoms with Crippen LogP contribution >= 0.6 is 0 Å². The number of anilines is 1. The summed E-state index contributed by atoms with van der Waals surface area (Å²) in [4.78, 5) is 41.4. The molecule has 0 N–H and O–H groups in total. The lowest BCUT2D eigenvalue weighted by atomic mass is 9.94. The molecule has 4 rings (SSSR count). The van der Waals surface area contributed by atoms with E-state index in [4.69, 9.17) is 4.84 Å². The van der Waals surface area contributed by atoms with Crippen LogP contribution in [-0.4, -0.2) is 28.6 Å². The average Bonchev–Trinajstić information content (AvgIpc) is 3.22. The predicted octanol–water partition coefficient (Wildman–Crippen LogP) is 2.91. The molecule has 1 saturated heterocycles. The van der Waals surface area contributed by atoms with E-state index in [2.05, 4.69) is 5.16 Å². The SMILES string of the molecule is O=C1[C@H]2C(c3ccc([N+](=O)[O-])cc3)=NO[C@@H]2C(=O)N1c1cccc(C(F)(F)F)c1. The fourth-order valence-corrected chi connectivity index (χ4v) is 3.25. The van der Waals surface area contributed by atoms with Gasteiger partial charge in [0.1, 0.15) is 11.6 Å². The zero-order valence-corrected chi connectivity index (χ0v) is 14.3. The highest BCUT2D eigenvalue weighted by atomic mass is 19.4. The van der Waals surface area contributed by atoms with E-state index in [9.17, 15) is 32.9 Å². The van der Waals surface area contributed by atoms with Gasteiger partial charge < -0.3 is 4.84 Å². The van der Waals surface area contributed by atoms with Crippen LogP contribution in [0.4, 0.5) is 24.5 Å². The minimum atomic E-state index is -4.64. The molecule has 0 aliphatic carbocycles. The third-order valence-electron chi connectivity index (χ3n) is 4.62. The van der Waals surface area contributed by atoms with Gasteiger partial charge >= 0.3 is 6.18 Å². The molecule has 2 aromatic rings. The first-order chi connectivity index (χ1) is 13.7. The van der Waals surface area contributed by atoms with Crippen LogP contribution < -0.4 is 4.90 Å². The van der Waals surface area contributed by atoms with Crippen molar-refractivity contribution < 1.29 is 32.5 Å². The van der Waals surface area contributed by atoms with Gasteiger partial charge in [-0.3, -0.25) is 19.7 Å². The van der Waals surface area contributed by atoms with Gasteiger partial charge in [0.15, 0.2) is 0 Å². The van der Waals surface area contributed by atoms with E-state index in [0.29, 0.717) is 16.5 Å². The van der Waals surface area contributed by atoms with Crippen LogP contribution in [0.15, 0.2) is 53.7 Å². The van der Waals surface area contributed by atoms with Crippen LogP contribution in [-0.2, 0) is 20.6 Å². The lowest BCUT2D eigenvalue weighted by Crippen LogP contribution is -2.33. The molecule has 0 aromatic heterocycles. The lowest BCUT2D eigenvalue weighted by molar-refractivity contribution is -0.384. The summed E-state index contributed by atoms with van der Waals surface area (Å²) in [6, 6.07) is 8.97. The van der Waals surface area contributed by atoms with Crippen molar-refractivity contribution in [3.05, 3.63) is 69.8 Å². The van der Waals surface area contributed by atoms with Gasteiger partial charge in [0, 0.05) is 17.7 Å². The summed E-state index contributed by atoms with van der Waals surface area (Å²) in [5.41, 5.74) is -0.995. The van der Waals surface area contributed by atoms with Crippen LogP contribution in [0.25, 0.3) is 0 Å². The van der Waals surface area contributed by atoms with E-state index in [1.165, 1.54) is 30.3 Å². The van der Waals surface area contributed by atoms with Gasteiger partial charge in [-0.05, 0) is 30.3 Å². The number of amides is 2. The van der Waals surface area contributed by atoms with E-state index >= 15 is 0 Å². The Hall–Kier alpha value is -3.76. The maximum Gasteiger partial charge on any atom is 0.416 e. The van der Waals surface area contributed by atoms with Crippen molar-refractivity contribution in [3.63, 3.8) is 0 Å². The summed E-state index contributed by atoms with van der Waals surface area (Å²) in [6.07, 6.45) is -5.94. The van der Waals surface area contributed by atoms with Gasteiger partial charge in [-0.15, -0.1) is 0 Å². The second kappa shape index (κ2) is 6.40. The number of alkyl halides is 3. The van der Waals surface area contributed by atoms with Crippen LogP contribution in [0.3, 0.4) is 0 Å². The number of carbonyl (C=O) groups excluding carboxylic acids is 2. The molecule has 0 radical (unpaired) electrons. The number of non-ortho nitro benzene ring substituents is 1. The smallest absolute Gasteiger partial charge is 0.381 e. The van der Waals surface area contributed by atoms with Gasteiger partial charge in [0.05, 0.1) is 16.2 Å². The Kier molecular flexibility index (Phi) is 4.10. The fourth-order valence-electron chi connectivity index (χ4n) is 3.25. The molecule has 0 bridgehead atoms. The van der Waals surface area contributed by atoms with E-state index < -0.39 is 40.5 Å². The summed E-state index contributed by atoms with van der Waals surface area (Å²) in [6.45, 7) is 0. The van der Waals surface area contributed by atoms with E-state index in [0.717, 1.165) is 12.1 Å². The van der Waals surface area contributed by atoms with E-state index in [-0.39, 0.29) is 17.1 Å². The van der Waals surface area contributed by atoms with Gasteiger partial charge in [-0.1, -0.05) is 11.2 Å². The molecule has 2 amide bonds. The molecule has 2 aromatic carbocycles. The highest BCUT2D eigenvalue weighted by molar-refractivity contribution is 6.32. The van der Waals surface area contributed by atoms with Gasteiger partial charge in [-0.25, -0.2) is 4.90 Å². The molecular weight excluding hydrogens is 395 g/mol. The molecule has 2 heterocycles. The predicted molar refractivity (Wildman–Crippen MR) is 91.9 cm³/mol. The molecule has 148 valence electrons. The number of rotatable bonds is 3. The van der Waals surface area contributed by atoms with Crippen molar-refractivity contribution in [2.24, 2.45) is 11.1 Å². The molecule has 2 atom stereocenters. The van der Waals surface area contributed by atoms with E-state index in [1.54, 1.807) is 0 Å². The molecule has 1 fully saturated rings. The Morgan fingerprint density at radius 1 is 1.07 bits per heavy atom. The van der Waals surface area contributed by atoms with Crippen LogP contribution in [0.5, 0.6) is 0 Å². The van der Waals surface area contributed by atoms with Crippen molar-refractivity contribution in [3.8, 4) is 0 Å². The summed E-state index contributed by atoms with van der Waals surface area (Å²) >= 11 is 0. The third kappa shape index (κ3) is 3.00. The number of halogens is 3. The van der Waals surface area contributed by atoms with Gasteiger partial charge in [-0.2, -0.15) is 13.2 Å². The average molecular weight is 405 g/mol. The second-order valence-electron chi connectivity index (χ2n) is 6.34. The zero-order chi connectivity index (χ0) is 20.9. The molecule has 2 aliphatic rings. The Morgan fingerprint density at radius 3 is 2.38 bits per heavy atom. The Balaban J connectivity index is 1.67. The summed E-state index contributed by atoms with van der Waals surface area (Å²) in [5, 5.41) is 14.5. The second-order valence-corrected chi connectivity index (χ2v) is 6.34. The third-order valence-corrected chi connectivity index (χ3v) is 4.62. The number of imide groups is 1. The Bertz CT molecular complexity index is 1070. The molecule has 11 heteroatoms. The maximum atomic E-state index is 13.0. The Labute approximate surface area is 160 Å². The normalized spacial score (nSPS) is 21.1. The number of hydrogen-bond acceptors (Lipinski definition) is 6. The fraction of sp³-hybridized carbons (Fsp3) is 0.167. The molecular formula is C18H10F3N3O5. The van der Waals surface area contributed by atoms with Crippen LogP contribution in [0.2, 0.25) is 0 Å². The van der Waals surface area contributed by atoms with Gasteiger partial charge in [0.2, 0.25) is 12.0 Å². The molecule has 2 aliphatic heterocycles. The number of benzene rings is 2. The number of nitro benzene ring substituents is 1. The van der Waals surface area contributed by atoms with Crippen molar-refractivity contribution in [2.75, 3.05) is 4.90 Å². The molecule has 0 spiro atoms. The van der Waals surface area contributed by atoms with Crippen molar-refractivity contribution in [2.45, 2.75) is 12.3 Å². The molecule has 0 saturated carbocycles. The minimum absolute atomic E-state index is 0.0812. The maximum absolute atomic E-state index is 13.0. The summed E-state index contributed by atoms with van der Waals surface area (Å²) in [7, 11) is 0. The minimum Gasteiger partial charge on any atom is -0.381 e. The van der Waals surface area contributed by atoms with Crippen molar-refractivity contribution >= 4 is 28.9 Å². The highest BCUT2D eigenvalue weighted by Gasteiger charge is 2.56. The Morgan fingerprint density at radius 2 is 1.76 bits per heavy atom. The topological polar surface area (TPSA) is 102 Å². The first-order valence-corrected chi connectivity index (χ1v) is 8.22. The van der Waals surface area contributed by atoms with Crippen LogP contribution in [0.1, 0.15) is 11.1 Å². The quantitative estimate of drug-likeness (QED) is 0.444. The number of fused-ring (bicyclic) bond motifs is 1. The van der Waals surface area contributed by atoms with E-state index in [1.807, 2.05) is 0 Å². The standard InChI is InChI=1S/C18H10F3N3O5/c19-18(20,21)10-2-1-3-12(8-10)23-16(25)13-14(22-29-15(13)17(23)26)9-4-6-11(7-5-9)24(27)28/h1-8,13,15H/t13-,15-/m0/s1. The first-order valence-electron chi connectivity index (χ1n) is 8.22. The van der Waals surface area contributed by atoms with Crippen molar-refractivity contribution in [1.82, 2.24) is 0 Å². The number of carbonyl (C=O) groups is 2. The molecule has 29 heavy (non-hydrogen) atoms. The number of nitrogens with zero attached hydrogens (tertiary/aromatic N) is 3. The molecule has 0 unspecified atom stereocenters. The van der Waals surface area contributed by atoms with Crippen molar-refractivity contribution in [1.29, 1.82) is 0 Å². The largest absolute Gasteiger partial charge is 0.416 e. The monoisotopic (exact) mass is 405 g/mol. The zero-order valence-electron chi connectivity index (χ0n) is 14.3. The number of hydrogen-bond donors (Lipinski definition) is 0. The van der Waals surface area contributed by atoms with Gasteiger partial charge in [0.25, 0.3) is 11.6 Å². The first kappa shape index (κ1) is 18.6. The summed E-state index contributed by atoms with van der Waals surface area (Å²) in [5.74, 6) is -2.77. The number of nitro groups is 1. The summed E-state index contributed by atoms with van der Waals surface area (Å²) < 4.78 is 38.9. The lowest BCUT2D eigenvalue weighted by Gasteiger charge is -2.17. The highest BCUT2D eigenvalue weighted by Crippen LogP contribution is 2.37. The number of oxime groups is 1. The van der Waals surface area contributed by atoms with Crippen LogP contribution in [0, 0.1) is 16.0 Å².